The van der Waals surface area contributed by atoms with E-state index in [1.165, 1.54) is 23.3 Å². The van der Waals surface area contributed by atoms with Gasteiger partial charge in [0.1, 0.15) is 6.61 Å². The van der Waals surface area contributed by atoms with E-state index in [9.17, 15) is 4.79 Å². The third-order valence-corrected chi connectivity index (χ3v) is 3.15. The van der Waals surface area contributed by atoms with Crippen molar-refractivity contribution >= 4 is 29.2 Å². The summed E-state index contributed by atoms with van der Waals surface area (Å²) in [5.41, 5.74) is 0.205. The molecule has 0 aliphatic heterocycles. The molecule has 0 saturated heterocycles. The van der Waals surface area contributed by atoms with E-state index in [0.717, 1.165) is 0 Å². The van der Waals surface area contributed by atoms with Crippen molar-refractivity contribution in [3.05, 3.63) is 34.1 Å². The molecular formula is C12H12Cl2N4O3. The van der Waals surface area contributed by atoms with Crippen LogP contribution in [-0.2, 0) is 11.3 Å². The number of aromatic nitrogens is 4. The van der Waals surface area contributed by atoms with Crippen LogP contribution in [0, 0.1) is 0 Å². The summed E-state index contributed by atoms with van der Waals surface area (Å²) in [6.07, 6.45) is 1.32. The van der Waals surface area contributed by atoms with Crippen LogP contribution < -0.4 is 4.74 Å². The second-order valence-electron chi connectivity index (χ2n) is 3.84. The van der Waals surface area contributed by atoms with E-state index in [0.29, 0.717) is 11.6 Å². The van der Waals surface area contributed by atoms with Gasteiger partial charge in [-0.2, -0.15) is 4.80 Å². The fraction of sp³-hybridized carbons (Fsp3) is 0.333. The van der Waals surface area contributed by atoms with Crippen LogP contribution in [0.15, 0.2) is 18.5 Å². The molecule has 2 rings (SSSR count). The number of tetrazole rings is 1. The molecule has 0 spiro atoms. The maximum atomic E-state index is 11.8. The van der Waals surface area contributed by atoms with E-state index >= 15 is 0 Å². The lowest BCUT2D eigenvalue weighted by Gasteiger charge is -2.12. The van der Waals surface area contributed by atoms with E-state index < -0.39 is 5.97 Å². The minimum atomic E-state index is -0.526. The second kappa shape index (κ2) is 7.24. The molecule has 0 radical (unpaired) electrons. The fourth-order valence-electron chi connectivity index (χ4n) is 1.55. The standard InChI is InChI=1S/C12H12Cl2N4O3/c1-2-20-12(19)8-3-4-9(13)11(10(8)14)21-6-5-18-16-7-15-17-18/h3-4,7H,2,5-6H2,1H3. The Balaban J connectivity index is 2.10. The normalized spacial score (nSPS) is 10.4. The molecule has 2 aromatic rings. The summed E-state index contributed by atoms with van der Waals surface area (Å²) in [4.78, 5) is 13.1. The van der Waals surface area contributed by atoms with Crippen LogP contribution in [0.25, 0.3) is 0 Å². The Kier molecular flexibility index (Phi) is 5.35. The Hall–Kier alpha value is -1.86. The average Bonchev–Trinajstić information content (AvgIpc) is 2.96. The van der Waals surface area contributed by atoms with Crippen molar-refractivity contribution in [1.29, 1.82) is 0 Å². The molecule has 1 heterocycles. The van der Waals surface area contributed by atoms with Gasteiger partial charge in [0.05, 0.1) is 28.8 Å². The number of hydrogen-bond donors (Lipinski definition) is 0. The van der Waals surface area contributed by atoms with Gasteiger partial charge in [0, 0.05) is 0 Å². The molecule has 21 heavy (non-hydrogen) atoms. The van der Waals surface area contributed by atoms with Crippen molar-refractivity contribution in [2.75, 3.05) is 13.2 Å². The molecule has 1 aromatic heterocycles. The second-order valence-corrected chi connectivity index (χ2v) is 4.62. The molecule has 0 atom stereocenters. The highest BCUT2D eigenvalue weighted by molar-refractivity contribution is 6.39. The maximum Gasteiger partial charge on any atom is 0.339 e. The van der Waals surface area contributed by atoms with E-state index in [4.69, 9.17) is 32.7 Å². The van der Waals surface area contributed by atoms with Gasteiger partial charge in [0.25, 0.3) is 0 Å². The lowest BCUT2D eigenvalue weighted by molar-refractivity contribution is 0.0526. The highest BCUT2D eigenvalue weighted by Crippen LogP contribution is 2.35. The largest absolute Gasteiger partial charge is 0.488 e. The lowest BCUT2D eigenvalue weighted by Crippen LogP contribution is -2.12. The van der Waals surface area contributed by atoms with E-state index in [1.54, 1.807) is 6.92 Å². The predicted molar refractivity (Wildman–Crippen MR) is 75.7 cm³/mol. The predicted octanol–water partition coefficient (Wildman–Crippen LogP) is 2.24. The molecule has 7 nitrogen and oxygen atoms in total. The van der Waals surface area contributed by atoms with Crippen LogP contribution in [0.2, 0.25) is 10.0 Å². The van der Waals surface area contributed by atoms with Gasteiger partial charge in [0.15, 0.2) is 12.1 Å². The molecule has 0 amide bonds. The first kappa shape index (κ1) is 15.5. The molecule has 0 aliphatic rings. The quantitative estimate of drug-likeness (QED) is 0.755. The summed E-state index contributed by atoms with van der Waals surface area (Å²) in [6, 6.07) is 3.03. The Labute approximate surface area is 130 Å². The van der Waals surface area contributed by atoms with Gasteiger partial charge >= 0.3 is 5.97 Å². The minimum Gasteiger partial charge on any atom is -0.488 e. The third-order valence-electron chi connectivity index (χ3n) is 2.47. The van der Waals surface area contributed by atoms with Crippen molar-refractivity contribution in [3.8, 4) is 5.75 Å². The minimum absolute atomic E-state index is 0.118. The SMILES string of the molecule is CCOC(=O)c1ccc(Cl)c(OCCn2ncnn2)c1Cl. The van der Waals surface area contributed by atoms with Crippen LogP contribution in [0.1, 0.15) is 17.3 Å². The molecule has 1 aromatic carbocycles. The highest BCUT2D eigenvalue weighted by Gasteiger charge is 2.18. The van der Waals surface area contributed by atoms with Gasteiger partial charge < -0.3 is 9.47 Å². The molecule has 112 valence electrons. The zero-order chi connectivity index (χ0) is 15.2. The summed E-state index contributed by atoms with van der Waals surface area (Å²) < 4.78 is 10.4. The molecular weight excluding hydrogens is 319 g/mol. The van der Waals surface area contributed by atoms with Gasteiger partial charge in [-0.15, -0.1) is 10.2 Å². The van der Waals surface area contributed by atoms with E-state index in [1.807, 2.05) is 0 Å². The van der Waals surface area contributed by atoms with Crippen LogP contribution >= 0.6 is 23.2 Å². The smallest absolute Gasteiger partial charge is 0.339 e. The zero-order valence-electron chi connectivity index (χ0n) is 11.1. The number of esters is 1. The summed E-state index contributed by atoms with van der Waals surface area (Å²) in [5, 5.41) is 11.5. The number of halogens is 2. The van der Waals surface area contributed by atoms with Gasteiger partial charge in [-0.1, -0.05) is 23.2 Å². The number of nitrogens with zero attached hydrogens (tertiary/aromatic N) is 4. The first-order valence-corrected chi connectivity index (χ1v) is 6.87. The Morgan fingerprint density at radius 1 is 1.38 bits per heavy atom. The molecule has 0 aliphatic carbocycles. The molecule has 0 saturated carbocycles. The fourth-order valence-corrected chi connectivity index (χ4v) is 2.11. The molecule has 0 N–H and O–H groups in total. The monoisotopic (exact) mass is 330 g/mol. The summed E-state index contributed by atoms with van der Waals surface area (Å²) in [5.74, 6) is -0.300. The van der Waals surface area contributed by atoms with Gasteiger partial charge in [-0.3, -0.25) is 0 Å². The number of carbonyl (C=O) groups excluding carboxylic acids is 1. The number of ether oxygens (including phenoxy) is 2. The van der Waals surface area contributed by atoms with E-state index in [2.05, 4.69) is 15.4 Å². The van der Waals surface area contributed by atoms with Crippen LogP contribution in [0.3, 0.4) is 0 Å². The number of hydrogen-bond acceptors (Lipinski definition) is 6. The summed E-state index contributed by atoms with van der Waals surface area (Å²) in [6.45, 7) is 2.56. The van der Waals surface area contributed by atoms with Crippen LogP contribution in [0.4, 0.5) is 0 Å². The van der Waals surface area contributed by atoms with Crippen molar-refractivity contribution in [2.45, 2.75) is 13.5 Å². The number of carbonyl (C=O) groups is 1. The van der Waals surface area contributed by atoms with Crippen molar-refractivity contribution < 1.29 is 14.3 Å². The van der Waals surface area contributed by atoms with Crippen molar-refractivity contribution in [1.82, 2.24) is 20.2 Å². The molecule has 9 heteroatoms. The summed E-state index contributed by atoms with van der Waals surface area (Å²) >= 11 is 12.2. The first-order chi connectivity index (χ1) is 10.1. The Morgan fingerprint density at radius 3 is 2.86 bits per heavy atom. The van der Waals surface area contributed by atoms with E-state index in [-0.39, 0.29) is 29.5 Å². The van der Waals surface area contributed by atoms with Gasteiger partial charge in [0.2, 0.25) is 0 Å². The molecule has 0 unspecified atom stereocenters. The van der Waals surface area contributed by atoms with Crippen LogP contribution in [-0.4, -0.2) is 39.4 Å². The highest BCUT2D eigenvalue weighted by atomic mass is 35.5. The van der Waals surface area contributed by atoms with Gasteiger partial charge in [-0.05, 0) is 24.3 Å². The average molecular weight is 331 g/mol. The van der Waals surface area contributed by atoms with Crippen molar-refractivity contribution in [2.24, 2.45) is 0 Å². The summed E-state index contributed by atoms with van der Waals surface area (Å²) in [7, 11) is 0. The first-order valence-electron chi connectivity index (χ1n) is 6.12. The van der Waals surface area contributed by atoms with Crippen LogP contribution in [0.5, 0.6) is 5.75 Å². The van der Waals surface area contributed by atoms with Crippen molar-refractivity contribution in [3.63, 3.8) is 0 Å². The maximum absolute atomic E-state index is 11.8. The Morgan fingerprint density at radius 2 is 2.19 bits per heavy atom. The topological polar surface area (TPSA) is 79.1 Å². The zero-order valence-corrected chi connectivity index (χ0v) is 12.6. The Bertz CT molecular complexity index is 619. The number of benzene rings is 1. The van der Waals surface area contributed by atoms with Gasteiger partial charge in [-0.25, -0.2) is 4.79 Å². The lowest BCUT2D eigenvalue weighted by atomic mass is 10.2. The number of rotatable bonds is 6. The molecule has 0 fully saturated rings. The third kappa shape index (κ3) is 3.83. The molecule has 0 bridgehead atoms.